The summed E-state index contributed by atoms with van der Waals surface area (Å²) in [6.45, 7) is 0. The molecule has 1 aliphatic heterocycles. The van der Waals surface area contributed by atoms with Crippen LogP contribution >= 0.6 is 31.9 Å². The summed E-state index contributed by atoms with van der Waals surface area (Å²) in [7, 11) is 2.76. The van der Waals surface area contributed by atoms with E-state index in [1.165, 1.54) is 44.6 Å². The van der Waals surface area contributed by atoms with Gasteiger partial charge in [-0.15, -0.1) is 0 Å². The third-order valence-corrected chi connectivity index (χ3v) is 5.36. The van der Waals surface area contributed by atoms with Crippen LogP contribution in [0.15, 0.2) is 50.9 Å². The fourth-order valence-electron chi connectivity index (χ4n) is 2.78. The second-order valence-corrected chi connectivity index (χ2v) is 7.72. The van der Waals surface area contributed by atoms with Crippen molar-refractivity contribution in [1.82, 2.24) is 5.32 Å². The fraction of sp³-hybridized carbons (Fsp3) is 0.100. The van der Waals surface area contributed by atoms with Crippen molar-refractivity contribution in [2.45, 2.75) is 0 Å². The number of halogens is 2. The van der Waals surface area contributed by atoms with Crippen LogP contribution in [0.3, 0.4) is 0 Å². The van der Waals surface area contributed by atoms with Crippen LogP contribution in [-0.4, -0.2) is 38.0 Å². The van der Waals surface area contributed by atoms with Crippen LogP contribution in [0.2, 0.25) is 0 Å². The Morgan fingerprint density at radius 1 is 1.03 bits per heavy atom. The molecule has 2 aromatic carbocycles. The number of nitrogens with zero attached hydrogens (tertiary/aromatic N) is 1. The van der Waals surface area contributed by atoms with Crippen LogP contribution in [0, 0.1) is 0 Å². The van der Waals surface area contributed by atoms with E-state index in [4.69, 9.17) is 4.74 Å². The minimum absolute atomic E-state index is 0.195. The van der Waals surface area contributed by atoms with E-state index >= 15 is 0 Å². The van der Waals surface area contributed by atoms with Crippen LogP contribution in [0.1, 0.15) is 15.9 Å². The van der Waals surface area contributed by atoms with Gasteiger partial charge in [-0.05, 0) is 79.9 Å². The molecule has 1 fully saturated rings. The molecule has 30 heavy (non-hydrogen) atoms. The summed E-state index contributed by atoms with van der Waals surface area (Å²) < 4.78 is 11.1. The maximum absolute atomic E-state index is 13.0. The van der Waals surface area contributed by atoms with Gasteiger partial charge in [-0.2, -0.15) is 0 Å². The maximum Gasteiger partial charge on any atom is 0.337 e. The van der Waals surface area contributed by atoms with E-state index in [0.717, 1.165) is 4.90 Å². The number of methoxy groups -OCH3 is 2. The highest BCUT2D eigenvalue weighted by Crippen LogP contribution is 2.35. The summed E-state index contributed by atoms with van der Waals surface area (Å²) in [5, 5.41) is 2.15. The van der Waals surface area contributed by atoms with Crippen molar-refractivity contribution in [3.8, 4) is 5.75 Å². The summed E-state index contributed by atoms with van der Waals surface area (Å²) >= 11 is 6.73. The fourth-order valence-corrected chi connectivity index (χ4v) is 4.33. The zero-order valence-electron chi connectivity index (χ0n) is 15.7. The molecular formula is C20H14Br2N2O6. The van der Waals surface area contributed by atoms with Gasteiger partial charge in [0, 0.05) is 0 Å². The number of imide groups is 2. The number of barbiturate groups is 1. The number of hydrogen-bond donors (Lipinski definition) is 1. The highest BCUT2D eigenvalue weighted by molar-refractivity contribution is 9.11. The topological polar surface area (TPSA) is 102 Å². The van der Waals surface area contributed by atoms with Gasteiger partial charge in [0.25, 0.3) is 11.8 Å². The second-order valence-electron chi connectivity index (χ2n) is 6.01. The van der Waals surface area contributed by atoms with Crippen molar-refractivity contribution >= 4 is 67.4 Å². The van der Waals surface area contributed by atoms with E-state index in [2.05, 4.69) is 41.9 Å². The minimum atomic E-state index is -0.884. The molecule has 1 aliphatic rings. The predicted molar refractivity (Wildman–Crippen MR) is 115 cm³/mol. The summed E-state index contributed by atoms with van der Waals surface area (Å²) in [6.07, 6.45) is 1.37. The van der Waals surface area contributed by atoms with Crippen LogP contribution in [0.4, 0.5) is 10.5 Å². The number of ether oxygens (including phenoxy) is 2. The molecule has 0 unspecified atom stereocenters. The van der Waals surface area contributed by atoms with Crippen LogP contribution in [-0.2, 0) is 14.3 Å². The molecule has 0 bridgehead atoms. The summed E-state index contributed by atoms with van der Waals surface area (Å²) in [5.41, 5.74) is 0.755. The first-order valence-corrected chi connectivity index (χ1v) is 9.98. The van der Waals surface area contributed by atoms with E-state index in [9.17, 15) is 19.2 Å². The SMILES string of the molecule is COC(=O)c1ccc(N2C(=O)NC(=O)/C(=C\c3cc(Br)c(OC)c(Br)c3)C2=O)cc1. The third kappa shape index (κ3) is 4.14. The average Bonchev–Trinajstić information content (AvgIpc) is 2.70. The number of urea groups is 1. The zero-order chi connectivity index (χ0) is 22.0. The van der Waals surface area contributed by atoms with Gasteiger partial charge in [0.05, 0.1) is 34.4 Å². The van der Waals surface area contributed by atoms with Gasteiger partial charge in [-0.25, -0.2) is 14.5 Å². The Morgan fingerprint density at radius 3 is 2.17 bits per heavy atom. The average molecular weight is 538 g/mol. The summed E-state index contributed by atoms with van der Waals surface area (Å²) in [4.78, 5) is 50.0. The molecule has 0 spiro atoms. The molecule has 0 radical (unpaired) electrons. The number of hydrogen-bond acceptors (Lipinski definition) is 6. The Labute approximate surface area is 188 Å². The Balaban J connectivity index is 1.99. The standard InChI is InChI=1S/C20H14Br2N2O6/c1-29-16-14(21)8-10(9-15(16)22)7-13-17(25)23-20(28)24(18(13)26)12-5-3-11(4-6-12)19(27)30-2/h3-9H,1-2H3,(H,23,25,28)/b13-7+. The van der Waals surface area contributed by atoms with E-state index in [1.807, 2.05) is 0 Å². The van der Waals surface area contributed by atoms with Crippen LogP contribution in [0.5, 0.6) is 5.75 Å². The van der Waals surface area contributed by atoms with Crippen LogP contribution in [0.25, 0.3) is 6.08 Å². The number of anilines is 1. The number of benzene rings is 2. The van der Waals surface area contributed by atoms with E-state index < -0.39 is 23.8 Å². The number of carbonyl (C=O) groups is 4. The summed E-state index contributed by atoms with van der Waals surface area (Å²) in [6, 6.07) is 8.12. The van der Waals surface area contributed by atoms with Crippen molar-refractivity contribution in [1.29, 1.82) is 0 Å². The Bertz CT molecular complexity index is 1070. The van der Waals surface area contributed by atoms with Crippen molar-refractivity contribution in [3.05, 3.63) is 62.0 Å². The first kappa shape index (κ1) is 21.7. The first-order chi connectivity index (χ1) is 14.3. The van der Waals surface area contributed by atoms with Crippen molar-refractivity contribution in [3.63, 3.8) is 0 Å². The quantitative estimate of drug-likeness (QED) is 0.362. The third-order valence-electron chi connectivity index (χ3n) is 4.18. The Kier molecular flexibility index (Phi) is 6.37. The maximum atomic E-state index is 13.0. The first-order valence-electron chi connectivity index (χ1n) is 8.39. The lowest BCUT2D eigenvalue weighted by molar-refractivity contribution is -0.122. The lowest BCUT2D eigenvalue weighted by Crippen LogP contribution is -2.54. The second kappa shape index (κ2) is 8.80. The lowest BCUT2D eigenvalue weighted by atomic mass is 10.1. The van der Waals surface area contributed by atoms with Crippen LogP contribution < -0.4 is 15.0 Å². The van der Waals surface area contributed by atoms with Gasteiger partial charge in [0.15, 0.2) is 0 Å². The molecular weight excluding hydrogens is 524 g/mol. The number of nitrogens with one attached hydrogen (secondary N) is 1. The van der Waals surface area contributed by atoms with Gasteiger partial charge in [0.2, 0.25) is 0 Å². The van der Waals surface area contributed by atoms with E-state index in [1.54, 1.807) is 12.1 Å². The molecule has 3 rings (SSSR count). The smallest absolute Gasteiger partial charge is 0.337 e. The number of carbonyl (C=O) groups excluding carboxylic acids is 4. The summed E-state index contributed by atoms with van der Waals surface area (Å²) in [5.74, 6) is -1.60. The highest BCUT2D eigenvalue weighted by Gasteiger charge is 2.36. The normalized spacial score (nSPS) is 15.3. The van der Waals surface area contributed by atoms with E-state index in [-0.39, 0.29) is 16.8 Å². The van der Waals surface area contributed by atoms with Gasteiger partial charge in [-0.3, -0.25) is 14.9 Å². The molecule has 0 aromatic heterocycles. The Hall–Kier alpha value is -2.98. The molecule has 1 heterocycles. The van der Waals surface area contributed by atoms with Gasteiger partial charge in [-0.1, -0.05) is 0 Å². The largest absolute Gasteiger partial charge is 0.494 e. The minimum Gasteiger partial charge on any atom is -0.494 e. The molecule has 1 saturated heterocycles. The van der Waals surface area contributed by atoms with Gasteiger partial charge in [0.1, 0.15) is 11.3 Å². The molecule has 8 nitrogen and oxygen atoms in total. The number of esters is 1. The monoisotopic (exact) mass is 536 g/mol. The molecule has 0 aliphatic carbocycles. The molecule has 2 aromatic rings. The molecule has 1 N–H and O–H groups in total. The Morgan fingerprint density at radius 2 is 1.63 bits per heavy atom. The molecule has 0 atom stereocenters. The lowest BCUT2D eigenvalue weighted by Gasteiger charge is -2.26. The molecule has 154 valence electrons. The van der Waals surface area contributed by atoms with E-state index in [0.29, 0.717) is 20.3 Å². The number of amides is 4. The zero-order valence-corrected chi connectivity index (χ0v) is 18.9. The van der Waals surface area contributed by atoms with Crippen molar-refractivity contribution in [2.75, 3.05) is 19.1 Å². The predicted octanol–water partition coefficient (Wildman–Crippen LogP) is 3.67. The van der Waals surface area contributed by atoms with Crippen molar-refractivity contribution < 1.29 is 28.7 Å². The number of rotatable bonds is 4. The highest BCUT2D eigenvalue weighted by atomic mass is 79.9. The molecule has 10 heteroatoms. The molecule has 0 saturated carbocycles. The molecule has 4 amide bonds. The van der Waals surface area contributed by atoms with Crippen molar-refractivity contribution in [2.24, 2.45) is 0 Å². The van der Waals surface area contributed by atoms with Gasteiger partial charge < -0.3 is 9.47 Å². The van der Waals surface area contributed by atoms with Gasteiger partial charge >= 0.3 is 12.0 Å².